The number of hydrogen-bond donors (Lipinski definition) is 1. The fourth-order valence-corrected chi connectivity index (χ4v) is 3.17. The maximum atomic E-state index is 12.3. The van der Waals surface area contributed by atoms with E-state index in [1.807, 2.05) is 4.90 Å². The molecule has 110 valence electrons. The van der Waals surface area contributed by atoms with Crippen molar-refractivity contribution in [3.05, 3.63) is 35.4 Å². The molecule has 0 saturated carbocycles. The number of benzene rings is 1. The van der Waals surface area contributed by atoms with Crippen LogP contribution in [0.1, 0.15) is 36.8 Å². The van der Waals surface area contributed by atoms with Crippen LogP contribution in [0.25, 0.3) is 0 Å². The largest absolute Gasteiger partial charge is 0.334 e. The SMILES string of the molecule is Cl.O=C(CCC1CCNCC1)N1Cc2ccccc2C1. The quantitative estimate of drug-likeness (QED) is 0.930. The maximum Gasteiger partial charge on any atom is 0.223 e. The Morgan fingerprint density at radius 3 is 2.35 bits per heavy atom. The fraction of sp³-hybridized carbons (Fsp3) is 0.562. The van der Waals surface area contributed by atoms with Crippen molar-refractivity contribution in [1.82, 2.24) is 10.2 Å². The monoisotopic (exact) mass is 294 g/mol. The third-order valence-electron chi connectivity index (χ3n) is 4.42. The van der Waals surface area contributed by atoms with E-state index in [0.29, 0.717) is 5.91 Å². The van der Waals surface area contributed by atoms with E-state index in [1.54, 1.807) is 0 Å². The number of carbonyl (C=O) groups excluding carboxylic acids is 1. The highest BCUT2D eigenvalue weighted by Gasteiger charge is 2.23. The highest BCUT2D eigenvalue weighted by molar-refractivity contribution is 5.85. The lowest BCUT2D eigenvalue weighted by Crippen LogP contribution is -2.30. The van der Waals surface area contributed by atoms with Gasteiger partial charge in [0.15, 0.2) is 0 Å². The van der Waals surface area contributed by atoms with Gasteiger partial charge in [0.2, 0.25) is 5.91 Å². The van der Waals surface area contributed by atoms with Gasteiger partial charge in [0.05, 0.1) is 0 Å². The molecule has 0 aliphatic carbocycles. The third kappa shape index (κ3) is 3.53. The Balaban J connectivity index is 0.00000147. The fourth-order valence-electron chi connectivity index (χ4n) is 3.17. The first-order chi connectivity index (χ1) is 9.33. The van der Waals surface area contributed by atoms with E-state index >= 15 is 0 Å². The second kappa shape index (κ2) is 7.09. The molecule has 0 bridgehead atoms. The van der Waals surface area contributed by atoms with Crippen LogP contribution >= 0.6 is 12.4 Å². The Labute approximate surface area is 127 Å². The summed E-state index contributed by atoms with van der Waals surface area (Å²) in [7, 11) is 0. The molecule has 1 amide bonds. The van der Waals surface area contributed by atoms with Gasteiger partial charge in [-0.25, -0.2) is 0 Å². The number of amides is 1. The number of rotatable bonds is 3. The van der Waals surface area contributed by atoms with Crippen LogP contribution in [-0.2, 0) is 17.9 Å². The Morgan fingerprint density at radius 2 is 1.75 bits per heavy atom. The third-order valence-corrected chi connectivity index (χ3v) is 4.42. The smallest absolute Gasteiger partial charge is 0.223 e. The number of hydrogen-bond acceptors (Lipinski definition) is 2. The van der Waals surface area contributed by atoms with Crippen molar-refractivity contribution in [2.75, 3.05) is 13.1 Å². The minimum Gasteiger partial charge on any atom is -0.334 e. The molecule has 2 heterocycles. The van der Waals surface area contributed by atoms with E-state index in [2.05, 4.69) is 29.6 Å². The van der Waals surface area contributed by atoms with E-state index in [0.717, 1.165) is 44.9 Å². The molecule has 0 aromatic heterocycles. The minimum atomic E-state index is 0. The summed E-state index contributed by atoms with van der Waals surface area (Å²) in [4.78, 5) is 14.3. The van der Waals surface area contributed by atoms with E-state index < -0.39 is 0 Å². The molecule has 4 heteroatoms. The van der Waals surface area contributed by atoms with Gasteiger partial charge < -0.3 is 10.2 Å². The molecule has 1 saturated heterocycles. The highest BCUT2D eigenvalue weighted by atomic mass is 35.5. The number of halogens is 1. The van der Waals surface area contributed by atoms with Gasteiger partial charge in [-0.2, -0.15) is 0 Å². The number of nitrogens with zero attached hydrogens (tertiary/aromatic N) is 1. The second-order valence-corrected chi connectivity index (χ2v) is 5.75. The zero-order valence-corrected chi connectivity index (χ0v) is 12.6. The van der Waals surface area contributed by atoms with Crippen LogP contribution in [-0.4, -0.2) is 23.9 Å². The van der Waals surface area contributed by atoms with Gasteiger partial charge in [0.25, 0.3) is 0 Å². The van der Waals surface area contributed by atoms with Crippen molar-refractivity contribution < 1.29 is 4.79 Å². The summed E-state index contributed by atoms with van der Waals surface area (Å²) in [5.41, 5.74) is 2.63. The van der Waals surface area contributed by atoms with Crippen LogP contribution in [0, 0.1) is 5.92 Å². The van der Waals surface area contributed by atoms with Crippen molar-refractivity contribution in [2.45, 2.75) is 38.8 Å². The van der Waals surface area contributed by atoms with Gasteiger partial charge in [-0.05, 0) is 49.4 Å². The van der Waals surface area contributed by atoms with Crippen molar-refractivity contribution in [1.29, 1.82) is 0 Å². The first kappa shape index (κ1) is 15.3. The van der Waals surface area contributed by atoms with E-state index in [-0.39, 0.29) is 12.4 Å². The minimum absolute atomic E-state index is 0. The number of carbonyl (C=O) groups is 1. The van der Waals surface area contributed by atoms with Crippen LogP contribution in [0.3, 0.4) is 0 Å². The molecular weight excluding hydrogens is 272 g/mol. The molecule has 1 aromatic rings. The molecule has 1 fully saturated rings. The number of fused-ring (bicyclic) bond motifs is 1. The average molecular weight is 295 g/mol. The van der Waals surface area contributed by atoms with Gasteiger partial charge in [0.1, 0.15) is 0 Å². The van der Waals surface area contributed by atoms with Crippen LogP contribution in [0.15, 0.2) is 24.3 Å². The predicted octanol–water partition coefficient (Wildman–Crippen LogP) is 2.73. The topological polar surface area (TPSA) is 32.3 Å². The first-order valence-electron chi connectivity index (χ1n) is 7.38. The van der Waals surface area contributed by atoms with Gasteiger partial charge in [-0.15, -0.1) is 12.4 Å². The van der Waals surface area contributed by atoms with Crippen LogP contribution in [0.4, 0.5) is 0 Å². The molecule has 0 spiro atoms. The van der Waals surface area contributed by atoms with E-state index in [1.165, 1.54) is 24.0 Å². The normalized spacial score (nSPS) is 18.5. The van der Waals surface area contributed by atoms with E-state index in [4.69, 9.17) is 0 Å². The molecule has 3 rings (SSSR count). The molecule has 1 aromatic carbocycles. The zero-order valence-electron chi connectivity index (χ0n) is 11.8. The van der Waals surface area contributed by atoms with Gasteiger partial charge in [-0.3, -0.25) is 4.79 Å². The molecule has 1 N–H and O–H groups in total. The van der Waals surface area contributed by atoms with Crippen molar-refractivity contribution in [3.63, 3.8) is 0 Å². The Morgan fingerprint density at radius 1 is 1.15 bits per heavy atom. The number of nitrogens with one attached hydrogen (secondary N) is 1. The zero-order chi connectivity index (χ0) is 13.1. The van der Waals surface area contributed by atoms with Crippen LogP contribution < -0.4 is 5.32 Å². The summed E-state index contributed by atoms with van der Waals surface area (Å²) < 4.78 is 0. The summed E-state index contributed by atoms with van der Waals surface area (Å²) in [5, 5.41) is 3.37. The Hall–Kier alpha value is -1.06. The average Bonchev–Trinajstić information content (AvgIpc) is 2.90. The summed E-state index contributed by atoms with van der Waals surface area (Å²) in [6.45, 7) is 3.85. The Bertz CT molecular complexity index is 433. The predicted molar refractivity (Wildman–Crippen MR) is 82.8 cm³/mol. The maximum absolute atomic E-state index is 12.3. The lowest BCUT2D eigenvalue weighted by atomic mass is 9.93. The van der Waals surface area contributed by atoms with Gasteiger partial charge in [0, 0.05) is 19.5 Å². The van der Waals surface area contributed by atoms with Crippen LogP contribution in [0.5, 0.6) is 0 Å². The summed E-state index contributed by atoms with van der Waals surface area (Å²) in [5.74, 6) is 1.07. The molecular formula is C16H23ClN2O. The molecule has 0 radical (unpaired) electrons. The van der Waals surface area contributed by atoms with Crippen LogP contribution in [0.2, 0.25) is 0 Å². The molecule has 2 aliphatic heterocycles. The molecule has 0 atom stereocenters. The second-order valence-electron chi connectivity index (χ2n) is 5.75. The van der Waals surface area contributed by atoms with E-state index in [9.17, 15) is 4.79 Å². The van der Waals surface area contributed by atoms with Crippen molar-refractivity contribution in [2.24, 2.45) is 5.92 Å². The van der Waals surface area contributed by atoms with Crippen molar-refractivity contribution in [3.8, 4) is 0 Å². The molecule has 2 aliphatic rings. The lowest BCUT2D eigenvalue weighted by Gasteiger charge is -2.23. The standard InChI is InChI=1S/C16H22N2O.ClH/c19-16(6-5-13-7-9-17-10-8-13)18-11-14-3-1-2-4-15(14)12-18;/h1-4,13,17H,5-12H2;1H. The highest BCUT2D eigenvalue weighted by Crippen LogP contribution is 2.24. The lowest BCUT2D eigenvalue weighted by molar-refractivity contribution is -0.132. The summed E-state index contributed by atoms with van der Waals surface area (Å²) >= 11 is 0. The summed E-state index contributed by atoms with van der Waals surface area (Å²) in [6.07, 6.45) is 4.24. The molecule has 0 unspecified atom stereocenters. The van der Waals surface area contributed by atoms with Crippen molar-refractivity contribution >= 4 is 18.3 Å². The molecule has 20 heavy (non-hydrogen) atoms. The first-order valence-corrected chi connectivity index (χ1v) is 7.38. The van der Waals surface area contributed by atoms with Gasteiger partial charge in [-0.1, -0.05) is 24.3 Å². The number of piperidine rings is 1. The van der Waals surface area contributed by atoms with Gasteiger partial charge >= 0.3 is 0 Å². The Kier molecular flexibility index (Phi) is 5.44. The summed E-state index contributed by atoms with van der Waals surface area (Å²) in [6, 6.07) is 8.38. The molecule has 3 nitrogen and oxygen atoms in total.